The molecular weight excluding hydrogens is 320 g/mol. The van der Waals surface area contributed by atoms with Gasteiger partial charge in [-0.25, -0.2) is 4.98 Å². The quantitative estimate of drug-likeness (QED) is 0.690. The second-order valence-corrected chi connectivity index (χ2v) is 4.88. The molecule has 0 N–H and O–H groups in total. The van der Waals surface area contributed by atoms with Crippen LogP contribution in [0.1, 0.15) is 5.56 Å². The van der Waals surface area contributed by atoms with E-state index in [9.17, 15) is 0 Å². The van der Waals surface area contributed by atoms with Gasteiger partial charge in [0, 0.05) is 6.07 Å². The molecule has 3 aromatic rings. The Morgan fingerprint density at radius 1 is 1.00 bits per heavy atom. The standard InChI is InChI=1S/C14H11BrN4O/c15-13-2-1-3-14(18-13)20-10-11-4-6-12(7-5-11)19-16-8-9-17-19/h1-9H,10H2. The molecule has 0 saturated heterocycles. The lowest BCUT2D eigenvalue weighted by Crippen LogP contribution is -2.00. The summed E-state index contributed by atoms with van der Waals surface area (Å²) in [7, 11) is 0. The van der Waals surface area contributed by atoms with Gasteiger partial charge in [0.25, 0.3) is 0 Å². The van der Waals surface area contributed by atoms with Crippen molar-refractivity contribution in [3.8, 4) is 11.6 Å². The van der Waals surface area contributed by atoms with Gasteiger partial charge in [-0.05, 0) is 39.7 Å². The molecule has 0 fully saturated rings. The second kappa shape index (κ2) is 5.83. The monoisotopic (exact) mass is 330 g/mol. The van der Waals surface area contributed by atoms with Crippen LogP contribution in [0.5, 0.6) is 5.88 Å². The number of hydrogen-bond donors (Lipinski definition) is 0. The number of hydrogen-bond acceptors (Lipinski definition) is 4. The Bertz CT molecular complexity index is 683. The lowest BCUT2D eigenvalue weighted by Gasteiger charge is -2.06. The van der Waals surface area contributed by atoms with Gasteiger partial charge in [-0.1, -0.05) is 18.2 Å². The molecule has 3 rings (SSSR count). The van der Waals surface area contributed by atoms with Crippen molar-refractivity contribution in [3.63, 3.8) is 0 Å². The molecule has 0 saturated carbocycles. The Hall–Kier alpha value is -2.21. The highest BCUT2D eigenvalue weighted by Gasteiger charge is 2.00. The molecule has 0 aliphatic heterocycles. The average Bonchev–Trinajstić information content (AvgIpc) is 3.00. The summed E-state index contributed by atoms with van der Waals surface area (Å²) in [5.74, 6) is 0.595. The third-order valence-corrected chi connectivity index (χ3v) is 3.10. The average molecular weight is 331 g/mol. The van der Waals surface area contributed by atoms with E-state index < -0.39 is 0 Å². The highest BCUT2D eigenvalue weighted by Crippen LogP contribution is 2.14. The molecule has 0 bridgehead atoms. The first kappa shape index (κ1) is 12.8. The minimum atomic E-state index is 0.469. The number of benzene rings is 1. The van der Waals surface area contributed by atoms with Crippen LogP contribution in [0.25, 0.3) is 5.69 Å². The van der Waals surface area contributed by atoms with Crippen molar-refractivity contribution in [1.29, 1.82) is 0 Å². The molecule has 5 nitrogen and oxygen atoms in total. The third-order valence-electron chi connectivity index (χ3n) is 2.66. The van der Waals surface area contributed by atoms with Crippen molar-refractivity contribution in [3.05, 3.63) is 65.0 Å². The summed E-state index contributed by atoms with van der Waals surface area (Å²) in [5, 5.41) is 8.16. The number of ether oxygens (including phenoxy) is 1. The first-order valence-corrected chi connectivity index (χ1v) is 6.81. The van der Waals surface area contributed by atoms with Crippen LogP contribution in [-0.2, 0) is 6.61 Å². The molecule has 2 aromatic heterocycles. The zero-order valence-electron chi connectivity index (χ0n) is 10.5. The summed E-state index contributed by atoms with van der Waals surface area (Å²) >= 11 is 3.31. The number of rotatable bonds is 4. The van der Waals surface area contributed by atoms with Gasteiger partial charge in [0.05, 0.1) is 18.1 Å². The Balaban J connectivity index is 1.67. The summed E-state index contributed by atoms with van der Waals surface area (Å²) in [6.45, 7) is 0.469. The fourth-order valence-corrected chi connectivity index (χ4v) is 2.03. The van der Waals surface area contributed by atoms with Gasteiger partial charge < -0.3 is 4.74 Å². The predicted octanol–water partition coefficient (Wildman–Crippen LogP) is 3.00. The van der Waals surface area contributed by atoms with Crippen LogP contribution in [0.2, 0.25) is 0 Å². The highest BCUT2D eigenvalue weighted by molar-refractivity contribution is 9.10. The zero-order valence-corrected chi connectivity index (χ0v) is 12.1. The van der Waals surface area contributed by atoms with Gasteiger partial charge in [-0.15, -0.1) is 0 Å². The maximum atomic E-state index is 5.62. The van der Waals surface area contributed by atoms with E-state index in [2.05, 4.69) is 31.1 Å². The molecule has 2 heterocycles. The van der Waals surface area contributed by atoms with Crippen LogP contribution in [0.3, 0.4) is 0 Å². The molecule has 0 spiro atoms. The summed E-state index contributed by atoms with van der Waals surface area (Å²) < 4.78 is 6.38. The largest absolute Gasteiger partial charge is 0.473 e. The van der Waals surface area contributed by atoms with Crippen LogP contribution in [0.4, 0.5) is 0 Å². The molecular formula is C14H11BrN4O. The number of halogens is 1. The van der Waals surface area contributed by atoms with Crippen LogP contribution in [-0.4, -0.2) is 20.0 Å². The van der Waals surface area contributed by atoms with Crippen molar-refractivity contribution in [1.82, 2.24) is 20.0 Å². The smallest absolute Gasteiger partial charge is 0.214 e. The molecule has 0 unspecified atom stereocenters. The lowest BCUT2D eigenvalue weighted by molar-refractivity contribution is 0.293. The third kappa shape index (κ3) is 3.03. The summed E-state index contributed by atoms with van der Waals surface area (Å²) in [6, 6.07) is 13.4. The highest BCUT2D eigenvalue weighted by atomic mass is 79.9. The van der Waals surface area contributed by atoms with Crippen molar-refractivity contribution in [2.45, 2.75) is 6.61 Å². The Morgan fingerprint density at radius 3 is 2.45 bits per heavy atom. The van der Waals surface area contributed by atoms with E-state index in [1.807, 2.05) is 42.5 Å². The fraction of sp³-hybridized carbons (Fsp3) is 0.0714. The topological polar surface area (TPSA) is 52.8 Å². The molecule has 0 radical (unpaired) electrons. The molecule has 20 heavy (non-hydrogen) atoms. The van der Waals surface area contributed by atoms with Gasteiger partial charge in [0.1, 0.15) is 11.2 Å². The van der Waals surface area contributed by atoms with Crippen molar-refractivity contribution in [2.24, 2.45) is 0 Å². The summed E-state index contributed by atoms with van der Waals surface area (Å²) in [6.07, 6.45) is 3.30. The second-order valence-electron chi connectivity index (χ2n) is 4.07. The van der Waals surface area contributed by atoms with E-state index in [1.165, 1.54) is 0 Å². The van der Waals surface area contributed by atoms with Gasteiger partial charge in [-0.3, -0.25) is 0 Å². The van der Waals surface area contributed by atoms with E-state index in [0.717, 1.165) is 15.9 Å². The Kier molecular flexibility index (Phi) is 3.73. The summed E-state index contributed by atoms with van der Waals surface area (Å²) in [5.41, 5.74) is 1.97. The minimum absolute atomic E-state index is 0.469. The molecule has 0 aliphatic rings. The van der Waals surface area contributed by atoms with Gasteiger partial charge in [-0.2, -0.15) is 15.0 Å². The Labute approximate surface area is 124 Å². The van der Waals surface area contributed by atoms with E-state index in [0.29, 0.717) is 12.5 Å². The molecule has 0 aliphatic carbocycles. The van der Waals surface area contributed by atoms with Crippen LogP contribution in [0.15, 0.2) is 59.5 Å². The fourth-order valence-electron chi connectivity index (χ4n) is 1.70. The number of pyridine rings is 1. The van der Waals surface area contributed by atoms with Crippen LogP contribution >= 0.6 is 15.9 Å². The molecule has 100 valence electrons. The summed E-state index contributed by atoms with van der Waals surface area (Å²) in [4.78, 5) is 5.79. The molecule has 1 aromatic carbocycles. The van der Waals surface area contributed by atoms with E-state index in [4.69, 9.17) is 4.74 Å². The maximum absolute atomic E-state index is 5.62. The lowest BCUT2D eigenvalue weighted by atomic mass is 10.2. The first-order valence-electron chi connectivity index (χ1n) is 6.02. The van der Waals surface area contributed by atoms with Crippen molar-refractivity contribution >= 4 is 15.9 Å². The number of nitrogens with zero attached hydrogens (tertiary/aromatic N) is 4. The van der Waals surface area contributed by atoms with Crippen molar-refractivity contribution < 1.29 is 4.74 Å². The van der Waals surface area contributed by atoms with Crippen LogP contribution < -0.4 is 4.74 Å². The van der Waals surface area contributed by atoms with E-state index in [-0.39, 0.29) is 0 Å². The SMILES string of the molecule is Brc1cccc(OCc2ccc(-n3nccn3)cc2)n1. The normalized spacial score (nSPS) is 10.4. The van der Waals surface area contributed by atoms with Gasteiger partial charge in [0.2, 0.25) is 5.88 Å². The minimum Gasteiger partial charge on any atom is -0.473 e. The van der Waals surface area contributed by atoms with Gasteiger partial charge >= 0.3 is 0 Å². The number of aromatic nitrogens is 4. The maximum Gasteiger partial charge on any atom is 0.214 e. The molecule has 6 heteroatoms. The van der Waals surface area contributed by atoms with Crippen LogP contribution in [0, 0.1) is 0 Å². The van der Waals surface area contributed by atoms with E-state index in [1.54, 1.807) is 17.2 Å². The first-order chi connectivity index (χ1) is 9.81. The Morgan fingerprint density at radius 2 is 1.75 bits per heavy atom. The van der Waals surface area contributed by atoms with E-state index >= 15 is 0 Å². The molecule has 0 atom stereocenters. The molecule has 0 amide bonds. The van der Waals surface area contributed by atoms with Gasteiger partial charge in [0.15, 0.2) is 0 Å². The van der Waals surface area contributed by atoms with Crippen molar-refractivity contribution in [2.75, 3.05) is 0 Å². The predicted molar refractivity (Wildman–Crippen MR) is 77.6 cm³/mol. The zero-order chi connectivity index (χ0) is 13.8.